The van der Waals surface area contributed by atoms with E-state index in [2.05, 4.69) is 15.6 Å². The number of benzene rings is 1. The highest BCUT2D eigenvalue weighted by atomic mass is 32.1. The summed E-state index contributed by atoms with van der Waals surface area (Å²) in [7, 11) is 0. The van der Waals surface area contributed by atoms with E-state index in [4.69, 9.17) is 0 Å². The highest BCUT2D eigenvalue weighted by Gasteiger charge is 2.13. The van der Waals surface area contributed by atoms with Crippen molar-refractivity contribution in [1.82, 2.24) is 20.0 Å². The minimum absolute atomic E-state index is 0.0104. The van der Waals surface area contributed by atoms with Gasteiger partial charge in [0.1, 0.15) is 0 Å². The number of thiazole rings is 1. The molecule has 25 heavy (non-hydrogen) atoms. The number of rotatable bonds is 6. The van der Waals surface area contributed by atoms with Crippen LogP contribution in [0.1, 0.15) is 19.5 Å². The van der Waals surface area contributed by atoms with Crippen LogP contribution in [0.25, 0.3) is 16.2 Å². The molecule has 0 aliphatic carbocycles. The average Bonchev–Trinajstić information content (AvgIpc) is 3.15. The van der Waals surface area contributed by atoms with Crippen LogP contribution in [0.2, 0.25) is 0 Å². The van der Waals surface area contributed by atoms with Gasteiger partial charge in [0.05, 0.1) is 18.7 Å². The maximum atomic E-state index is 12.1. The van der Waals surface area contributed by atoms with E-state index < -0.39 is 0 Å². The summed E-state index contributed by atoms with van der Waals surface area (Å²) in [5.41, 5.74) is 2.78. The number of nitrogens with zero attached hydrogens (tertiary/aromatic N) is 2. The average molecular weight is 356 g/mol. The van der Waals surface area contributed by atoms with Crippen molar-refractivity contribution < 1.29 is 9.59 Å². The highest BCUT2D eigenvalue weighted by Crippen LogP contribution is 2.23. The van der Waals surface area contributed by atoms with E-state index in [-0.39, 0.29) is 30.8 Å². The lowest BCUT2D eigenvalue weighted by Gasteiger charge is -2.09. The molecule has 0 saturated heterocycles. The van der Waals surface area contributed by atoms with E-state index >= 15 is 0 Å². The molecule has 2 aromatic heterocycles. The molecule has 0 bridgehead atoms. The van der Waals surface area contributed by atoms with Gasteiger partial charge in [0.15, 0.2) is 4.96 Å². The number of hydrogen-bond acceptors (Lipinski definition) is 4. The summed E-state index contributed by atoms with van der Waals surface area (Å²) in [5, 5.41) is 7.31. The van der Waals surface area contributed by atoms with Crippen molar-refractivity contribution in [3.8, 4) is 11.3 Å². The molecule has 2 N–H and O–H groups in total. The van der Waals surface area contributed by atoms with Gasteiger partial charge in [-0.15, -0.1) is 11.3 Å². The Morgan fingerprint density at radius 3 is 2.68 bits per heavy atom. The number of imidazole rings is 1. The van der Waals surface area contributed by atoms with Gasteiger partial charge in [-0.1, -0.05) is 30.3 Å². The van der Waals surface area contributed by atoms with E-state index in [1.807, 2.05) is 60.2 Å². The predicted molar refractivity (Wildman–Crippen MR) is 98.5 cm³/mol. The van der Waals surface area contributed by atoms with Gasteiger partial charge in [-0.05, 0) is 13.8 Å². The number of nitrogens with one attached hydrogen (secondary N) is 2. The summed E-state index contributed by atoms with van der Waals surface area (Å²) in [6, 6.07) is 9.98. The molecule has 7 heteroatoms. The lowest BCUT2D eigenvalue weighted by atomic mass is 10.2. The molecular formula is C18H20N4O2S. The van der Waals surface area contributed by atoms with E-state index in [1.54, 1.807) is 0 Å². The fourth-order valence-corrected chi connectivity index (χ4v) is 3.36. The second kappa shape index (κ2) is 7.48. The quantitative estimate of drug-likeness (QED) is 0.711. The van der Waals surface area contributed by atoms with Crippen molar-refractivity contribution in [2.45, 2.75) is 26.3 Å². The molecule has 6 nitrogen and oxygen atoms in total. The molecule has 0 unspecified atom stereocenters. The maximum Gasteiger partial charge on any atom is 0.239 e. The molecule has 2 amide bonds. The van der Waals surface area contributed by atoms with Crippen LogP contribution in [0.15, 0.2) is 41.9 Å². The van der Waals surface area contributed by atoms with Crippen molar-refractivity contribution in [2.75, 3.05) is 6.54 Å². The number of amides is 2. The molecule has 2 heterocycles. The molecule has 0 fully saturated rings. The monoisotopic (exact) mass is 356 g/mol. The minimum atomic E-state index is -0.187. The van der Waals surface area contributed by atoms with Crippen LogP contribution in [0.5, 0.6) is 0 Å². The third-order valence-electron chi connectivity index (χ3n) is 3.59. The summed E-state index contributed by atoms with van der Waals surface area (Å²) in [6.07, 6.45) is 2.15. The number of fused-ring (bicyclic) bond motifs is 1. The second-order valence-electron chi connectivity index (χ2n) is 6.05. The van der Waals surface area contributed by atoms with Crippen molar-refractivity contribution >= 4 is 28.1 Å². The van der Waals surface area contributed by atoms with E-state index in [0.29, 0.717) is 0 Å². The second-order valence-corrected chi connectivity index (χ2v) is 6.88. The van der Waals surface area contributed by atoms with Crippen molar-refractivity contribution in [1.29, 1.82) is 0 Å². The largest absolute Gasteiger partial charge is 0.352 e. The van der Waals surface area contributed by atoms with Gasteiger partial charge in [0, 0.05) is 28.9 Å². The van der Waals surface area contributed by atoms with Gasteiger partial charge in [0.2, 0.25) is 11.8 Å². The molecule has 3 rings (SSSR count). The van der Waals surface area contributed by atoms with Crippen molar-refractivity contribution in [3.63, 3.8) is 0 Å². The van der Waals surface area contributed by atoms with Crippen LogP contribution in [0.3, 0.4) is 0 Å². The van der Waals surface area contributed by atoms with Crippen LogP contribution in [0.4, 0.5) is 0 Å². The Morgan fingerprint density at radius 2 is 1.96 bits per heavy atom. The number of carbonyl (C=O) groups excluding carboxylic acids is 2. The summed E-state index contributed by atoms with van der Waals surface area (Å²) in [5.74, 6) is -0.374. The van der Waals surface area contributed by atoms with Crippen LogP contribution < -0.4 is 10.6 Å². The van der Waals surface area contributed by atoms with Gasteiger partial charge in [-0.3, -0.25) is 14.0 Å². The zero-order valence-corrected chi connectivity index (χ0v) is 15.0. The Hall–Kier alpha value is -2.67. The fourth-order valence-electron chi connectivity index (χ4n) is 2.48. The zero-order valence-electron chi connectivity index (χ0n) is 14.2. The SMILES string of the molecule is CC(C)NC(=O)CNC(=O)Cc1csc2nc(-c3ccccc3)cn12. The fraction of sp³-hybridized carbons (Fsp3) is 0.278. The highest BCUT2D eigenvalue weighted by molar-refractivity contribution is 7.15. The summed E-state index contributed by atoms with van der Waals surface area (Å²) >= 11 is 1.50. The molecular weight excluding hydrogens is 336 g/mol. The van der Waals surface area contributed by atoms with E-state index in [1.165, 1.54) is 11.3 Å². The zero-order chi connectivity index (χ0) is 17.8. The lowest BCUT2D eigenvalue weighted by molar-refractivity contribution is -0.126. The van der Waals surface area contributed by atoms with Crippen molar-refractivity contribution in [2.24, 2.45) is 0 Å². The first-order valence-electron chi connectivity index (χ1n) is 8.10. The summed E-state index contributed by atoms with van der Waals surface area (Å²) in [4.78, 5) is 29.1. The Kier molecular flexibility index (Phi) is 5.14. The first-order chi connectivity index (χ1) is 12.0. The third kappa shape index (κ3) is 4.24. The third-order valence-corrected chi connectivity index (χ3v) is 4.48. The van der Waals surface area contributed by atoms with Crippen LogP contribution in [-0.4, -0.2) is 33.8 Å². The van der Waals surface area contributed by atoms with Gasteiger partial charge < -0.3 is 10.6 Å². The summed E-state index contributed by atoms with van der Waals surface area (Å²) < 4.78 is 1.93. The topological polar surface area (TPSA) is 75.5 Å². The number of carbonyl (C=O) groups is 2. The van der Waals surface area contributed by atoms with Gasteiger partial charge in [-0.25, -0.2) is 4.98 Å². The normalized spacial score (nSPS) is 11.0. The number of hydrogen-bond donors (Lipinski definition) is 2. The molecule has 0 atom stereocenters. The Balaban J connectivity index is 1.67. The molecule has 0 aliphatic rings. The van der Waals surface area contributed by atoms with Crippen molar-refractivity contribution in [3.05, 3.63) is 47.6 Å². The standard InChI is InChI=1S/C18H20N4O2S/c1-12(2)20-17(24)9-19-16(23)8-14-11-25-18-21-15(10-22(14)18)13-6-4-3-5-7-13/h3-7,10-12H,8-9H2,1-2H3,(H,19,23)(H,20,24). The lowest BCUT2D eigenvalue weighted by Crippen LogP contribution is -2.40. The Labute approximate surface area is 149 Å². The molecule has 0 spiro atoms. The van der Waals surface area contributed by atoms with Gasteiger partial charge in [-0.2, -0.15) is 0 Å². The van der Waals surface area contributed by atoms with Gasteiger partial charge in [0.25, 0.3) is 0 Å². The maximum absolute atomic E-state index is 12.1. The predicted octanol–water partition coefficient (Wildman–Crippen LogP) is 2.25. The van der Waals surface area contributed by atoms with Crippen LogP contribution >= 0.6 is 11.3 Å². The minimum Gasteiger partial charge on any atom is -0.352 e. The van der Waals surface area contributed by atoms with E-state index in [0.717, 1.165) is 21.9 Å². The first kappa shape index (κ1) is 17.2. The smallest absolute Gasteiger partial charge is 0.239 e. The molecule has 1 aromatic carbocycles. The van der Waals surface area contributed by atoms with Crippen LogP contribution in [-0.2, 0) is 16.0 Å². The van der Waals surface area contributed by atoms with Gasteiger partial charge >= 0.3 is 0 Å². The molecule has 0 aliphatic heterocycles. The number of aromatic nitrogens is 2. The summed E-state index contributed by atoms with van der Waals surface area (Å²) in [6.45, 7) is 3.75. The molecule has 130 valence electrons. The van der Waals surface area contributed by atoms with E-state index in [9.17, 15) is 9.59 Å². The Bertz CT molecular complexity index is 883. The molecule has 0 radical (unpaired) electrons. The first-order valence-corrected chi connectivity index (χ1v) is 8.98. The Morgan fingerprint density at radius 1 is 1.20 bits per heavy atom. The molecule has 3 aromatic rings. The van der Waals surface area contributed by atoms with Crippen LogP contribution in [0, 0.1) is 0 Å². The molecule has 0 saturated carbocycles.